The molecule has 0 radical (unpaired) electrons. The molecule has 0 saturated carbocycles. The number of nitrogens with zero attached hydrogens (tertiary/aromatic N) is 4. The Morgan fingerprint density at radius 3 is 2.30 bits per heavy atom. The van der Waals surface area contributed by atoms with Crippen molar-refractivity contribution in [2.24, 2.45) is 0 Å². The van der Waals surface area contributed by atoms with E-state index in [-0.39, 0.29) is 0 Å². The van der Waals surface area contributed by atoms with E-state index in [4.69, 9.17) is 8.83 Å². The number of aromatic nitrogens is 4. The van der Waals surface area contributed by atoms with E-state index in [0.29, 0.717) is 11.5 Å². The minimum Gasteiger partial charge on any atom is -0.472 e. The minimum atomic E-state index is 0.534. The molecule has 0 aliphatic carbocycles. The molecule has 0 amide bonds. The zero-order valence-corrected chi connectivity index (χ0v) is 14.9. The van der Waals surface area contributed by atoms with Crippen molar-refractivity contribution >= 4 is 5.78 Å². The molecule has 1 aromatic carbocycles. The second kappa shape index (κ2) is 5.95. The largest absolute Gasteiger partial charge is 0.472 e. The van der Waals surface area contributed by atoms with Crippen LogP contribution in [0.15, 0.2) is 70.4 Å². The fraction of sp³-hybridized carbons (Fsp3) is 0.0952. The van der Waals surface area contributed by atoms with Crippen LogP contribution in [0, 0.1) is 13.8 Å². The zero-order chi connectivity index (χ0) is 18.4. The molecule has 0 aliphatic rings. The molecular weight excluding hydrogens is 340 g/mol. The summed E-state index contributed by atoms with van der Waals surface area (Å²) in [6.07, 6.45) is 8.59. The number of hydrogen-bond acceptors (Lipinski definition) is 5. The van der Waals surface area contributed by atoms with Crippen molar-refractivity contribution in [1.29, 1.82) is 0 Å². The second-order valence-electron chi connectivity index (χ2n) is 6.52. The maximum atomic E-state index is 5.31. The Bertz CT molecular complexity index is 1240. The summed E-state index contributed by atoms with van der Waals surface area (Å²) in [5, 5.41) is 8.73. The van der Waals surface area contributed by atoms with Crippen molar-refractivity contribution in [2.75, 3.05) is 0 Å². The summed E-state index contributed by atoms with van der Waals surface area (Å²) in [7, 11) is 0. The maximum Gasteiger partial charge on any atom is 0.254 e. The van der Waals surface area contributed by atoms with Crippen LogP contribution in [0.1, 0.15) is 11.1 Å². The first-order valence-electron chi connectivity index (χ1n) is 8.59. The van der Waals surface area contributed by atoms with Gasteiger partial charge in [-0.1, -0.05) is 12.1 Å². The van der Waals surface area contributed by atoms with E-state index in [9.17, 15) is 0 Å². The average molecular weight is 356 g/mol. The monoisotopic (exact) mass is 356 g/mol. The van der Waals surface area contributed by atoms with Crippen LogP contribution in [-0.4, -0.2) is 19.6 Å². The van der Waals surface area contributed by atoms with Gasteiger partial charge in [-0.25, -0.2) is 4.98 Å². The third kappa shape index (κ3) is 2.54. The molecule has 0 aliphatic heterocycles. The fourth-order valence-electron chi connectivity index (χ4n) is 3.17. The predicted octanol–water partition coefficient (Wildman–Crippen LogP) is 4.93. The number of benzene rings is 1. The smallest absolute Gasteiger partial charge is 0.254 e. The Balaban J connectivity index is 1.77. The molecule has 0 saturated heterocycles. The second-order valence-corrected chi connectivity index (χ2v) is 6.52. The summed E-state index contributed by atoms with van der Waals surface area (Å²) in [5.41, 5.74) is 7.69. The summed E-state index contributed by atoms with van der Waals surface area (Å²) in [5.74, 6) is 0.534. The van der Waals surface area contributed by atoms with Crippen LogP contribution in [0.25, 0.3) is 39.5 Å². The molecule has 27 heavy (non-hydrogen) atoms. The van der Waals surface area contributed by atoms with Gasteiger partial charge in [0.05, 0.1) is 36.4 Å². The Morgan fingerprint density at radius 2 is 1.59 bits per heavy atom. The molecule has 0 fully saturated rings. The van der Waals surface area contributed by atoms with Crippen LogP contribution < -0.4 is 0 Å². The van der Waals surface area contributed by atoms with Gasteiger partial charge in [-0.2, -0.15) is 0 Å². The molecule has 6 nitrogen and oxygen atoms in total. The van der Waals surface area contributed by atoms with E-state index in [2.05, 4.69) is 47.2 Å². The van der Waals surface area contributed by atoms with Gasteiger partial charge in [-0.15, -0.1) is 10.2 Å². The van der Waals surface area contributed by atoms with Gasteiger partial charge < -0.3 is 8.83 Å². The van der Waals surface area contributed by atoms with Gasteiger partial charge in [0.25, 0.3) is 5.78 Å². The topological polar surface area (TPSA) is 69.4 Å². The highest BCUT2D eigenvalue weighted by Gasteiger charge is 2.18. The first-order valence-corrected chi connectivity index (χ1v) is 8.59. The molecule has 6 heteroatoms. The number of aryl methyl sites for hydroxylation is 2. The average Bonchev–Trinajstić information content (AvgIpc) is 3.43. The number of rotatable bonds is 3. The first kappa shape index (κ1) is 15.6. The summed E-state index contributed by atoms with van der Waals surface area (Å²) in [6.45, 7) is 4.20. The number of fused-ring (bicyclic) bond motifs is 1. The normalized spacial score (nSPS) is 11.3. The van der Waals surface area contributed by atoms with Crippen molar-refractivity contribution < 1.29 is 8.83 Å². The molecule has 0 unspecified atom stereocenters. The van der Waals surface area contributed by atoms with Gasteiger partial charge >= 0.3 is 0 Å². The van der Waals surface area contributed by atoms with Crippen molar-refractivity contribution in [3.05, 3.63) is 72.7 Å². The van der Waals surface area contributed by atoms with E-state index in [1.165, 1.54) is 11.1 Å². The molecule has 0 spiro atoms. The molecular formula is C21H16N4O2. The highest BCUT2D eigenvalue weighted by Crippen LogP contribution is 2.32. The highest BCUT2D eigenvalue weighted by molar-refractivity contribution is 5.79. The fourth-order valence-corrected chi connectivity index (χ4v) is 3.17. The molecule has 0 atom stereocenters. The van der Waals surface area contributed by atoms with Gasteiger partial charge in [0.1, 0.15) is 5.69 Å². The van der Waals surface area contributed by atoms with Crippen LogP contribution in [0.4, 0.5) is 0 Å². The molecule has 132 valence electrons. The lowest BCUT2D eigenvalue weighted by atomic mass is 10.0. The van der Waals surface area contributed by atoms with Gasteiger partial charge in [0.2, 0.25) is 0 Å². The molecule has 5 rings (SSSR count). The Kier molecular flexibility index (Phi) is 3.43. The standard InChI is InChI=1S/C21H16N4O2/c1-13-3-4-15(9-14(13)2)18-10-25-20(17-6-8-27-12-17)19(16-5-7-26-11-16)23-24-21(25)22-18/h3-12H,1-2H3. The molecule has 4 aromatic heterocycles. The first-order chi connectivity index (χ1) is 13.2. The minimum absolute atomic E-state index is 0.534. The van der Waals surface area contributed by atoms with E-state index in [0.717, 1.165) is 28.1 Å². The van der Waals surface area contributed by atoms with Crippen LogP contribution in [0.5, 0.6) is 0 Å². The van der Waals surface area contributed by atoms with Crippen molar-refractivity contribution in [1.82, 2.24) is 19.6 Å². The van der Waals surface area contributed by atoms with Crippen LogP contribution in [0.3, 0.4) is 0 Å². The lowest BCUT2D eigenvalue weighted by Crippen LogP contribution is -2.00. The molecule has 4 heterocycles. The number of hydrogen-bond donors (Lipinski definition) is 0. The Hall–Kier alpha value is -3.67. The Morgan fingerprint density at radius 1 is 0.815 bits per heavy atom. The number of imidazole rings is 1. The molecule has 5 aromatic rings. The van der Waals surface area contributed by atoms with Gasteiger partial charge in [-0.3, -0.25) is 4.40 Å². The predicted molar refractivity (Wildman–Crippen MR) is 101 cm³/mol. The molecule has 0 bridgehead atoms. The summed E-state index contributed by atoms with van der Waals surface area (Å²) in [4.78, 5) is 4.68. The van der Waals surface area contributed by atoms with Crippen LogP contribution in [-0.2, 0) is 0 Å². The highest BCUT2D eigenvalue weighted by atomic mass is 16.3. The third-order valence-corrected chi connectivity index (χ3v) is 4.78. The van der Waals surface area contributed by atoms with E-state index in [1.54, 1.807) is 25.1 Å². The van der Waals surface area contributed by atoms with Crippen molar-refractivity contribution in [3.63, 3.8) is 0 Å². The van der Waals surface area contributed by atoms with Crippen LogP contribution in [0.2, 0.25) is 0 Å². The third-order valence-electron chi connectivity index (χ3n) is 4.78. The summed E-state index contributed by atoms with van der Waals surface area (Å²) in [6, 6.07) is 10.1. The van der Waals surface area contributed by atoms with Crippen molar-refractivity contribution in [3.8, 4) is 33.8 Å². The van der Waals surface area contributed by atoms with E-state index in [1.807, 2.05) is 22.7 Å². The van der Waals surface area contributed by atoms with Gasteiger partial charge in [0, 0.05) is 22.9 Å². The van der Waals surface area contributed by atoms with Gasteiger partial charge in [0.15, 0.2) is 0 Å². The number of furan rings is 2. The van der Waals surface area contributed by atoms with E-state index < -0.39 is 0 Å². The van der Waals surface area contributed by atoms with Crippen molar-refractivity contribution in [2.45, 2.75) is 13.8 Å². The van der Waals surface area contributed by atoms with E-state index >= 15 is 0 Å². The summed E-state index contributed by atoms with van der Waals surface area (Å²) >= 11 is 0. The zero-order valence-electron chi connectivity index (χ0n) is 14.9. The van der Waals surface area contributed by atoms with Crippen LogP contribution >= 0.6 is 0 Å². The lowest BCUT2D eigenvalue weighted by Gasteiger charge is -2.07. The Labute approximate surface area is 155 Å². The maximum absolute atomic E-state index is 5.31. The molecule has 0 N–H and O–H groups in total. The quantitative estimate of drug-likeness (QED) is 0.458. The summed E-state index contributed by atoms with van der Waals surface area (Å²) < 4.78 is 12.5. The lowest BCUT2D eigenvalue weighted by molar-refractivity contribution is 0.567. The SMILES string of the molecule is Cc1ccc(-c2cn3c(-c4ccoc4)c(-c4ccoc4)nnc3n2)cc1C. The van der Waals surface area contributed by atoms with Gasteiger partial charge in [-0.05, 0) is 43.2 Å².